The predicted molar refractivity (Wildman–Crippen MR) is 205 cm³/mol. The van der Waals surface area contributed by atoms with E-state index in [-0.39, 0.29) is 47.5 Å². The molecule has 3 aromatic carbocycles. The summed E-state index contributed by atoms with van der Waals surface area (Å²) in [7, 11) is 0. The van der Waals surface area contributed by atoms with Gasteiger partial charge >= 0.3 is 0 Å². The van der Waals surface area contributed by atoms with Gasteiger partial charge < -0.3 is 29.3 Å². The van der Waals surface area contributed by atoms with Gasteiger partial charge in [0.2, 0.25) is 11.8 Å². The van der Waals surface area contributed by atoms with Gasteiger partial charge in [-0.1, -0.05) is 12.1 Å². The lowest BCUT2D eigenvalue weighted by Crippen LogP contribution is -2.52. The van der Waals surface area contributed by atoms with Crippen molar-refractivity contribution in [3.63, 3.8) is 0 Å². The van der Waals surface area contributed by atoms with E-state index in [1.165, 1.54) is 0 Å². The number of hydrogen-bond donors (Lipinski definition) is 2. The standard InChI is InChI=1S/C43H50FN5O6/c44-36-22-29(41-34-5-3-32(50)23-39(34)55-26-35(41)28-11-19-54-20-12-28)1-6-37(36)48-13-9-27(10-14-48)24-46-15-17-47(18-16-46)31-2-4-33-30(21-31)25-49(43(33)53)38-7-8-40(51)45-42(38)52/h1-6,21-23,27-28,35,38,41,50H,7-20,24-26H2,(H,45,51,52)/t35-,38-,41-/m0/s1. The van der Waals surface area contributed by atoms with Crippen molar-refractivity contribution in [2.45, 2.75) is 57.0 Å². The van der Waals surface area contributed by atoms with E-state index in [0.717, 1.165) is 107 Å². The molecule has 6 heterocycles. The van der Waals surface area contributed by atoms with Gasteiger partial charge in [0.1, 0.15) is 23.4 Å². The Bertz CT molecular complexity index is 1950. The van der Waals surface area contributed by atoms with E-state index in [0.29, 0.717) is 48.4 Å². The van der Waals surface area contributed by atoms with Crippen LogP contribution in [0.1, 0.15) is 71.5 Å². The molecule has 3 amide bonds. The number of ether oxygens (including phenoxy) is 2. The summed E-state index contributed by atoms with van der Waals surface area (Å²) in [6, 6.07) is 16.5. The third-order valence-electron chi connectivity index (χ3n) is 13.1. The number of anilines is 2. The minimum atomic E-state index is -0.607. The summed E-state index contributed by atoms with van der Waals surface area (Å²) in [5, 5.41) is 12.5. The number of rotatable bonds is 7. The van der Waals surface area contributed by atoms with E-state index in [2.05, 4.69) is 32.1 Å². The lowest BCUT2D eigenvalue weighted by Gasteiger charge is -2.41. The van der Waals surface area contributed by atoms with Crippen molar-refractivity contribution in [3.8, 4) is 11.5 Å². The third-order valence-corrected chi connectivity index (χ3v) is 13.1. The Morgan fingerprint density at radius 2 is 1.64 bits per heavy atom. The summed E-state index contributed by atoms with van der Waals surface area (Å²) in [4.78, 5) is 46.0. The molecule has 11 nitrogen and oxygen atoms in total. The fourth-order valence-corrected chi connectivity index (χ4v) is 10.0. The van der Waals surface area contributed by atoms with Gasteiger partial charge in [0.15, 0.2) is 0 Å². The number of carbonyl (C=O) groups excluding carboxylic acids is 3. The molecule has 6 aliphatic heterocycles. The van der Waals surface area contributed by atoms with Crippen LogP contribution < -0.4 is 19.9 Å². The van der Waals surface area contributed by atoms with Gasteiger partial charge in [-0.2, -0.15) is 0 Å². The number of fused-ring (bicyclic) bond motifs is 2. The first-order valence-corrected chi connectivity index (χ1v) is 20.1. The number of halogens is 1. The van der Waals surface area contributed by atoms with Gasteiger partial charge in [-0.25, -0.2) is 4.39 Å². The number of imide groups is 1. The van der Waals surface area contributed by atoms with Crippen molar-refractivity contribution in [1.82, 2.24) is 15.1 Å². The van der Waals surface area contributed by atoms with Gasteiger partial charge in [0, 0.05) is 107 Å². The molecule has 9 rings (SSSR count). The number of carbonyl (C=O) groups is 3. The number of piperazine rings is 1. The lowest BCUT2D eigenvalue weighted by molar-refractivity contribution is -0.136. The molecule has 3 aromatic rings. The maximum Gasteiger partial charge on any atom is 0.255 e. The molecule has 4 fully saturated rings. The molecular weight excluding hydrogens is 702 g/mol. The van der Waals surface area contributed by atoms with Crippen molar-refractivity contribution in [1.29, 1.82) is 0 Å². The van der Waals surface area contributed by atoms with Crippen LogP contribution in [0, 0.1) is 23.6 Å². The Morgan fingerprint density at radius 1 is 0.836 bits per heavy atom. The zero-order chi connectivity index (χ0) is 37.6. The number of nitrogens with one attached hydrogen (secondary N) is 1. The number of phenolic OH excluding ortho intramolecular Hbond substituents is 1. The first kappa shape index (κ1) is 36.0. The van der Waals surface area contributed by atoms with Crippen LogP contribution >= 0.6 is 0 Å². The van der Waals surface area contributed by atoms with E-state index in [1.807, 2.05) is 24.3 Å². The summed E-state index contributed by atoms with van der Waals surface area (Å²) in [5.41, 5.74) is 5.31. The van der Waals surface area contributed by atoms with E-state index >= 15 is 4.39 Å². The van der Waals surface area contributed by atoms with Crippen LogP contribution in [0.2, 0.25) is 0 Å². The van der Waals surface area contributed by atoms with Crippen molar-refractivity contribution in [2.24, 2.45) is 17.8 Å². The highest BCUT2D eigenvalue weighted by Crippen LogP contribution is 2.48. The number of amides is 3. The molecule has 2 N–H and O–H groups in total. The Balaban J connectivity index is 0.787. The van der Waals surface area contributed by atoms with Crippen LogP contribution in [0.15, 0.2) is 54.6 Å². The van der Waals surface area contributed by atoms with Gasteiger partial charge in [0.05, 0.1) is 12.3 Å². The molecular formula is C43H50FN5O6. The highest BCUT2D eigenvalue weighted by atomic mass is 19.1. The van der Waals surface area contributed by atoms with Crippen LogP contribution in [0.3, 0.4) is 0 Å². The molecule has 3 atom stereocenters. The third kappa shape index (κ3) is 7.15. The Morgan fingerprint density at radius 3 is 2.40 bits per heavy atom. The summed E-state index contributed by atoms with van der Waals surface area (Å²) in [5.74, 6) is 1.05. The molecule has 0 radical (unpaired) electrons. The molecule has 0 aromatic heterocycles. The lowest BCUT2D eigenvalue weighted by atomic mass is 9.71. The normalized spacial score (nSPS) is 25.4. The number of aromatic hydroxyl groups is 1. The van der Waals surface area contributed by atoms with Crippen LogP contribution in [0.25, 0.3) is 0 Å². The summed E-state index contributed by atoms with van der Waals surface area (Å²) in [6.07, 6.45) is 4.59. The monoisotopic (exact) mass is 751 g/mol. The first-order chi connectivity index (χ1) is 26.8. The average Bonchev–Trinajstić information content (AvgIpc) is 3.53. The molecule has 0 spiro atoms. The van der Waals surface area contributed by atoms with E-state index in [4.69, 9.17) is 9.47 Å². The molecule has 55 heavy (non-hydrogen) atoms. The second-order valence-corrected chi connectivity index (χ2v) is 16.3. The minimum Gasteiger partial charge on any atom is -0.508 e. The van der Waals surface area contributed by atoms with Gasteiger partial charge in [-0.15, -0.1) is 0 Å². The summed E-state index contributed by atoms with van der Waals surface area (Å²) >= 11 is 0. The molecule has 0 unspecified atom stereocenters. The van der Waals surface area contributed by atoms with Gasteiger partial charge in [-0.3, -0.25) is 24.6 Å². The number of nitrogens with zero attached hydrogens (tertiary/aromatic N) is 4. The second-order valence-electron chi connectivity index (χ2n) is 16.3. The van der Waals surface area contributed by atoms with E-state index in [9.17, 15) is 19.5 Å². The number of piperidine rings is 2. The highest BCUT2D eigenvalue weighted by Gasteiger charge is 2.40. The molecule has 0 aliphatic carbocycles. The number of benzene rings is 3. The zero-order valence-corrected chi connectivity index (χ0v) is 31.3. The minimum absolute atomic E-state index is 0.00977. The largest absolute Gasteiger partial charge is 0.508 e. The predicted octanol–water partition coefficient (Wildman–Crippen LogP) is 4.90. The highest BCUT2D eigenvalue weighted by molar-refractivity contribution is 6.05. The quantitative estimate of drug-likeness (QED) is 0.326. The average molecular weight is 752 g/mol. The second kappa shape index (κ2) is 15.1. The van der Waals surface area contributed by atoms with Gasteiger partial charge in [0.25, 0.3) is 5.91 Å². The summed E-state index contributed by atoms with van der Waals surface area (Å²) < 4.78 is 27.9. The summed E-state index contributed by atoms with van der Waals surface area (Å²) in [6.45, 7) is 8.81. The Labute approximate surface area is 321 Å². The maximum atomic E-state index is 16.1. The Hall–Kier alpha value is -4.68. The molecule has 0 bridgehead atoms. The number of phenols is 1. The van der Waals surface area contributed by atoms with E-state index < -0.39 is 6.04 Å². The van der Waals surface area contributed by atoms with Crippen molar-refractivity contribution in [2.75, 3.05) is 75.4 Å². The SMILES string of the molecule is O=C1CC[C@H](N2Cc3cc(N4CCN(CC5CCN(c6ccc([C@H]7c8ccc(O)cc8OC[C@H]7C7CCOCC7)cc6F)CC5)CC4)ccc3C2=O)C(=O)N1. The maximum absolute atomic E-state index is 16.1. The smallest absolute Gasteiger partial charge is 0.255 e. The topological polar surface area (TPSA) is 115 Å². The molecule has 0 saturated carbocycles. The van der Waals surface area contributed by atoms with Crippen LogP contribution in [-0.4, -0.2) is 104 Å². The molecule has 290 valence electrons. The van der Waals surface area contributed by atoms with Gasteiger partial charge in [-0.05, 0) is 91.5 Å². The fraction of sp³-hybridized carbons (Fsp3) is 0.512. The fourth-order valence-electron chi connectivity index (χ4n) is 10.0. The Kier molecular flexibility index (Phi) is 9.88. The van der Waals surface area contributed by atoms with Crippen LogP contribution in [0.5, 0.6) is 11.5 Å². The number of hydrogen-bond acceptors (Lipinski definition) is 9. The van der Waals surface area contributed by atoms with E-state index in [1.54, 1.807) is 23.1 Å². The first-order valence-electron chi connectivity index (χ1n) is 20.1. The zero-order valence-electron chi connectivity index (χ0n) is 31.3. The van der Waals surface area contributed by atoms with Crippen molar-refractivity contribution >= 4 is 29.1 Å². The van der Waals surface area contributed by atoms with Crippen LogP contribution in [0.4, 0.5) is 15.8 Å². The van der Waals surface area contributed by atoms with Crippen molar-refractivity contribution in [3.05, 3.63) is 82.7 Å². The van der Waals surface area contributed by atoms with Crippen molar-refractivity contribution < 1.29 is 33.4 Å². The van der Waals surface area contributed by atoms with Crippen LogP contribution in [-0.2, 0) is 20.9 Å². The molecule has 4 saturated heterocycles. The molecule has 12 heteroatoms. The molecule has 6 aliphatic rings.